The van der Waals surface area contributed by atoms with E-state index in [9.17, 15) is 18.0 Å². The van der Waals surface area contributed by atoms with E-state index in [4.69, 9.17) is 0 Å². The number of alkyl halides is 3. The van der Waals surface area contributed by atoms with Gasteiger partial charge in [-0.2, -0.15) is 13.2 Å². The number of anilines is 1. The van der Waals surface area contributed by atoms with Crippen LogP contribution in [0.4, 0.5) is 19.0 Å². The summed E-state index contributed by atoms with van der Waals surface area (Å²) >= 11 is 0. The second kappa shape index (κ2) is 6.98. The average Bonchev–Trinajstić information content (AvgIpc) is 3.03. The molecule has 0 saturated carbocycles. The minimum Gasteiger partial charge on any atom is -0.359 e. The first-order chi connectivity index (χ1) is 12.3. The molecule has 3 rings (SSSR count). The Labute approximate surface area is 146 Å². The molecule has 0 saturated heterocycles. The Hall–Kier alpha value is -3.17. The molecule has 26 heavy (non-hydrogen) atoms. The van der Waals surface area contributed by atoms with Crippen molar-refractivity contribution in [3.8, 4) is 11.4 Å². The van der Waals surface area contributed by atoms with Gasteiger partial charge in [-0.15, -0.1) is 0 Å². The molecule has 3 aromatic heterocycles. The standard InChI is InChI=1S/C16H15F3N6O/c1-9(15(26)23-8-16(17,18)19)24-12-4-6-21-14(25-12)11-7-22-13-10(11)3-2-5-20-13/h2-7,9H,8H2,1H3,(H,20,22)(H,23,26)(H,21,24,25). The SMILES string of the molecule is CC(Nc1ccnc(-c2c[nH]c3ncccc23)n1)C(=O)NCC(F)(F)F. The number of amides is 1. The first-order valence-electron chi connectivity index (χ1n) is 7.70. The van der Waals surface area contributed by atoms with Gasteiger partial charge in [-0.05, 0) is 25.1 Å². The normalized spacial score (nSPS) is 12.8. The number of nitrogens with zero attached hydrogens (tertiary/aromatic N) is 3. The summed E-state index contributed by atoms with van der Waals surface area (Å²) in [6.45, 7) is 0.0678. The Bertz CT molecular complexity index is 923. The molecule has 0 aromatic carbocycles. The third-order valence-corrected chi connectivity index (χ3v) is 3.57. The molecular formula is C16H15F3N6O. The van der Waals surface area contributed by atoms with E-state index in [-0.39, 0.29) is 0 Å². The molecule has 1 unspecified atom stereocenters. The molecule has 0 spiro atoms. The average molecular weight is 364 g/mol. The third kappa shape index (κ3) is 4.08. The summed E-state index contributed by atoms with van der Waals surface area (Å²) in [6.07, 6.45) is 0.417. The molecule has 0 fully saturated rings. The van der Waals surface area contributed by atoms with Crippen LogP contribution in [0.25, 0.3) is 22.4 Å². The minimum atomic E-state index is -4.46. The predicted molar refractivity (Wildman–Crippen MR) is 89.3 cm³/mol. The van der Waals surface area contributed by atoms with Crippen LogP contribution >= 0.6 is 0 Å². The summed E-state index contributed by atoms with van der Waals surface area (Å²) in [7, 11) is 0. The van der Waals surface area contributed by atoms with Gasteiger partial charge in [0.15, 0.2) is 5.82 Å². The fourth-order valence-electron chi connectivity index (χ4n) is 2.34. The summed E-state index contributed by atoms with van der Waals surface area (Å²) in [4.78, 5) is 27.5. The molecular weight excluding hydrogens is 349 g/mol. The highest BCUT2D eigenvalue weighted by Crippen LogP contribution is 2.25. The topological polar surface area (TPSA) is 95.6 Å². The van der Waals surface area contributed by atoms with Crippen molar-refractivity contribution in [3.63, 3.8) is 0 Å². The number of aromatic nitrogens is 4. The fraction of sp³-hybridized carbons (Fsp3) is 0.250. The van der Waals surface area contributed by atoms with Crippen LogP contribution in [0.1, 0.15) is 6.92 Å². The van der Waals surface area contributed by atoms with Gasteiger partial charge >= 0.3 is 6.18 Å². The Kier molecular flexibility index (Phi) is 4.74. The van der Waals surface area contributed by atoms with E-state index in [2.05, 4.69) is 25.3 Å². The first-order valence-corrected chi connectivity index (χ1v) is 7.70. The Morgan fingerprint density at radius 1 is 1.27 bits per heavy atom. The van der Waals surface area contributed by atoms with Gasteiger partial charge in [0, 0.05) is 29.5 Å². The summed E-state index contributed by atoms with van der Waals surface area (Å²) < 4.78 is 36.5. The predicted octanol–water partition coefficient (Wildman–Crippen LogP) is 2.50. The summed E-state index contributed by atoms with van der Waals surface area (Å²) in [5, 5.41) is 5.43. The van der Waals surface area contributed by atoms with Crippen LogP contribution in [0, 0.1) is 0 Å². The minimum absolute atomic E-state index is 0.322. The van der Waals surface area contributed by atoms with Crippen molar-refractivity contribution in [2.45, 2.75) is 19.1 Å². The maximum absolute atomic E-state index is 12.2. The van der Waals surface area contributed by atoms with Gasteiger partial charge in [-0.3, -0.25) is 4.79 Å². The van der Waals surface area contributed by atoms with Crippen molar-refractivity contribution >= 4 is 22.8 Å². The van der Waals surface area contributed by atoms with E-state index < -0.39 is 24.7 Å². The van der Waals surface area contributed by atoms with Crippen LogP contribution < -0.4 is 10.6 Å². The van der Waals surface area contributed by atoms with Gasteiger partial charge in [0.2, 0.25) is 5.91 Å². The number of carbonyl (C=O) groups is 1. The molecule has 0 aliphatic heterocycles. The largest absolute Gasteiger partial charge is 0.405 e. The summed E-state index contributed by atoms with van der Waals surface area (Å²) in [5.41, 5.74) is 1.41. The number of nitrogens with one attached hydrogen (secondary N) is 3. The van der Waals surface area contributed by atoms with Crippen LogP contribution in [0.3, 0.4) is 0 Å². The number of H-pyrrole nitrogens is 1. The Balaban J connectivity index is 1.74. The molecule has 3 heterocycles. The molecule has 1 amide bonds. The lowest BCUT2D eigenvalue weighted by Crippen LogP contribution is -2.42. The molecule has 3 aromatic rings. The highest BCUT2D eigenvalue weighted by atomic mass is 19.4. The van der Waals surface area contributed by atoms with Crippen LogP contribution in [-0.4, -0.2) is 44.6 Å². The summed E-state index contributed by atoms with van der Waals surface area (Å²) in [5.74, 6) is -0.0566. The molecule has 136 valence electrons. The van der Waals surface area contributed by atoms with E-state index in [0.717, 1.165) is 10.9 Å². The molecule has 10 heteroatoms. The summed E-state index contributed by atoms with van der Waals surface area (Å²) in [6, 6.07) is 4.29. The van der Waals surface area contributed by atoms with Gasteiger partial charge in [0.25, 0.3) is 0 Å². The van der Waals surface area contributed by atoms with Crippen molar-refractivity contribution in [3.05, 3.63) is 36.8 Å². The van der Waals surface area contributed by atoms with Crippen molar-refractivity contribution < 1.29 is 18.0 Å². The second-order valence-electron chi connectivity index (χ2n) is 5.57. The number of hydrogen-bond donors (Lipinski definition) is 3. The van der Waals surface area contributed by atoms with Crippen LogP contribution in [-0.2, 0) is 4.79 Å². The molecule has 7 nitrogen and oxygen atoms in total. The lowest BCUT2D eigenvalue weighted by atomic mass is 10.2. The highest BCUT2D eigenvalue weighted by Gasteiger charge is 2.28. The zero-order chi connectivity index (χ0) is 18.7. The number of pyridine rings is 1. The van der Waals surface area contributed by atoms with E-state index in [0.29, 0.717) is 17.3 Å². The number of hydrogen-bond acceptors (Lipinski definition) is 5. The lowest BCUT2D eigenvalue weighted by Gasteiger charge is -2.15. The first kappa shape index (κ1) is 17.6. The van der Waals surface area contributed by atoms with E-state index >= 15 is 0 Å². The van der Waals surface area contributed by atoms with Gasteiger partial charge < -0.3 is 15.6 Å². The maximum atomic E-state index is 12.2. The third-order valence-electron chi connectivity index (χ3n) is 3.57. The molecule has 0 radical (unpaired) electrons. The van der Waals surface area contributed by atoms with Gasteiger partial charge in [0.05, 0.1) is 0 Å². The van der Waals surface area contributed by atoms with Crippen molar-refractivity contribution in [2.24, 2.45) is 0 Å². The van der Waals surface area contributed by atoms with Crippen molar-refractivity contribution in [1.82, 2.24) is 25.3 Å². The molecule has 1 atom stereocenters. The number of aromatic amines is 1. The second-order valence-corrected chi connectivity index (χ2v) is 5.57. The highest BCUT2D eigenvalue weighted by molar-refractivity contribution is 5.91. The molecule has 3 N–H and O–H groups in total. The van der Waals surface area contributed by atoms with Crippen molar-refractivity contribution in [1.29, 1.82) is 0 Å². The van der Waals surface area contributed by atoms with Gasteiger partial charge in [-0.1, -0.05) is 0 Å². The van der Waals surface area contributed by atoms with E-state index in [1.807, 2.05) is 11.4 Å². The van der Waals surface area contributed by atoms with E-state index in [1.165, 1.54) is 19.2 Å². The molecule has 0 bridgehead atoms. The number of halogens is 3. The number of carbonyl (C=O) groups excluding carboxylic acids is 1. The van der Waals surface area contributed by atoms with Crippen LogP contribution in [0.5, 0.6) is 0 Å². The lowest BCUT2D eigenvalue weighted by molar-refractivity contribution is -0.138. The van der Waals surface area contributed by atoms with Gasteiger partial charge in [0.1, 0.15) is 24.1 Å². The zero-order valence-electron chi connectivity index (χ0n) is 13.6. The van der Waals surface area contributed by atoms with Crippen LogP contribution in [0.15, 0.2) is 36.8 Å². The smallest absolute Gasteiger partial charge is 0.359 e. The molecule has 0 aliphatic rings. The fourth-order valence-corrected chi connectivity index (χ4v) is 2.34. The Morgan fingerprint density at radius 3 is 2.85 bits per heavy atom. The Morgan fingerprint density at radius 2 is 2.08 bits per heavy atom. The zero-order valence-corrected chi connectivity index (χ0v) is 13.6. The van der Waals surface area contributed by atoms with E-state index in [1.54, 1.807) is 18.5 Å². The number of fused-ring (bicyclic) bond motifs is 1. The van der Waals surface area contributed by atoms with Crippen LogP contribution in [0.2, 0.25) is 0 Å². The monoisotopic (exact) mass is 364 g/mol. The number of rotatable bonds is 5. The maximum Gasteiger partial charge on any atom is 0.405 e. The van der Waals surface area contributed by atoms with Gasteiger partial charge in [-0.25, -0.2) is 15.0 Å². The molecule has 0 aliphatic carbocycles. The van der Waals surface area contributed by atoms with Crippen molar-refractivity contribution in [2.75, 3.05) is 11.9 Å². The quantitative estimate of drug-likeness (QED) is 0.647.